The minimum absolute atomic E-state index is 0.0818. The molecule has 2 aromatic heterocycles. The molecule has 1 fully saturated rings. The van der Waals surface area contributed by atoms with E-state index in [1.54, 1.807) is 0 Å². The zero-order valence-electron chi connectivity index (χ0n) is 14.7. The van der Waals surface area contributed by atoms with Crippen LogP contribution in [0.2, 0.25) is 0 Å². The monoisotopic (exact) mass is 349 g/mol. The van der Waals surface area contributed by atoms with Crippen molar-refractivity contribution in [2.75, 3.05) is 18.0 Å². The molecular formula is C20H23N5O. The van der Waals surface area contributed by atoms with Crippen LogP contribution >= 0.6 is 0 Å². The van der Waals surface area contributed by atoms with Crippen LogP contribution in [0.25, 0.3) is 11.0 Å². The number of aryl methyl sites for hydroxylation is 1. The van der Waals surface area contributed by atoms with Crippen LogP contribution in [0.15, 0.2) is 48.7 Å². The highest BCUT2D eigenvalue weighted by molar-refractivity contribution is 5.77. The minimum Gasteiger partial charge on any atom is -0.355 e. The highest BCUT2D eigenvalue weighted by Crippen LogP contribution is 2.17. The van der Waals surface area contributed by atoms with Gasteiger partial charge >= 0.3 is 0 Å². The summed E-state index contributed by atoms with van der Waals surface area (Å²) >= 11 is 0. The van der Waals surface area contributed by atoms with Crippen molar-refractivity contribution in [2.24, 2.45) is 0 Å². The van der Waals surface area contributed by atoms with E-state index < -0.39 is 0 Å². The lowest BCUT2D eigenvalue weighted by Crippen LogP contribution is -2.48. The van der Waals surface area contributed by atoms with Crippen LogP contribution in [-0.2, 0) is 11.2 Å². The standard InChI is InChI=1S/C20H23N5O/c26-20(11-10-18-23-16-7-1-2-8-17(16)24-18)22-15-6-5-13-25(14-15)19-9-3-4-12-21-19/h1-4,7-9,12,15H,5-6,10-11,13-14H2,(H,22,26)(H,23,24)/t15-/m0/s1. The number of aromatic nitrogens is 3. The molecule has 6 heteroatoms. The zero-order valence-corrected chi connectivity index (χ0v) is 14.7. The van der Waals surface area contributed by atoms with Gasteiger partial charge in [0.05, 0.1) is 11.0 Å². The van der Waals surface area contributed by atoms with Crippen molar-refractivity contribution in [3.05, 3.63) is 54.5 Å². The first kappa shape index (κ1) is 16.6. The first-order valence-corrected chi connectivity index (χ1v) is 9.17. The largest absolute Gasteiger partial charge is 0.355 e. The molecule has 0 unspecified atom stereocenters. The van der Waals surface area contributed by atoms with Crippen LogP contribution in [0.3, 0.4) is 0 Å². The molecule has 26 heavy (non-hydrogen) atoms. The van der Waals surface area contributed by atoms with Gasteiger partial charge in [-0.1, -0.05) is 18.2 Å². The first-order chi connectivity index (χ1) is 12.8. The summed E-state index contributed by atoms with van der Waals surface area (Å²) in [4.78, 5) is 26.8. The number of amides is 1. The Morgan fingerprint density at radius 1 is 1.23 bits per heavy atom. The molecule has 1 aliphatic heterocycles. The zero-order chi connectivity index (χ0) is 17.8. The van der Waals surface area contributed by atoms with Gasteiger partial charge < -0.3 is 15.2 Å². The van der Waals surface area contributed by atoms with Crippen LogP contribution in [0.4, 0.5) is 5.82 Å². The Hall–Kier alpha value is -2.89. The average Bonchev–Trinajstić information content (AvgIpc) is 3.10. The highest BCUT2D eigenvalue weighted by atomic mass is 16.1. The van der Waals surface area contributed by atoms with Crippen LogP contribution in [0, 0.1) is 0 Å². The third-order valence-electron chi connectivity index (χ3n) is 4.79. The Balaban J connectivity index is 1.30. The number of aromatic amines is 1. The van der Waals surface area contributed by atoms with Gasteiger partial charge in [-0.05, 0) is 37.1 Å². The topological polar surface area (TPSA) is 73.9 Å². The summed E-state index contributed by atoms with van der Waals surface area (Å²) in [5.41, 5.74) is 1.96. The Bertz CT molecular complexity index is 843. The van der Waals surface area contributed by atoms with Crippen LogP contribution < -0.4 is 10.2 Å². The molecule has 1 aromatic carbocycles. The van der Waals surface area contributed by atoms with E-state index in [9.17, 15) is 4.79 Å². The lowest BCUT2D eigenvalue weighted by molar-refractivity contribution is -0.121. The Labute approximate surface area is 152 Å². The predicted octanol–water partition coefficient (Wildman–Crippen LogP) is 2.68. The number of rotatable bonds is 5. The number of H-pyrrole nitrogens is 1. The van der Waals surface area contributed by atoms with Gasteiger partial charge in [0.1, 0.15) is 11.6 Å². The fourth-order valence-electron chi connectivity index (χ4n) is 3.50. The molecule has 1 atom stereocenters. The normalized spacial score (nSPS) is 17.4. The summed E-state index contributed by atoms with van der Waals surface area (Å²) in [6.45, 7) is 1.80. The summed E-state index contributed by atoms with van der Waals surface area (Å²) in [5.74, 6) is 1.92. The average molecular weight is 349 g/mol. The summed E-state index contributed by atoms with van der Waals surface area (Å²) in [6.07, 6.45) is 4.95. The number of nitrogens with zero attached hydrogens (tertiary/aromatic N) is 3. The molecule has 3 aromatic rings. The number of anilines is 1. The smallest absolute Gasteiger partial charge is 0.220 e. The van der Waals surface area contributed by atoms with Gasteiger partial charge in [0, 0.05) is 38.2 Å². The predicted molar refractivity (Wildman–Crippen MR) is 102 cm³/mol. The maximum absolute atomic E-state index is 12.4. The van der Waals surface area contributed by atoms with Crippen molar-refractivity contribution >= 4 is 22.8 Å². The van der Waals surface area contributed by atoms with Gasteiger partial charge in [0.2, 0.25) is 5.91 Å². The van der Waals surface area contributed by atoms with E-state index >= 15 is 0 Å². The molecule has 134 valence electrons. The number of para-hydroxylation sites is 2. The number of imidazole rings is 1. The molecule has 0 radical (unpaired) electrons. The van der Waals surface area contributed by atoms with E-state index in [0.29, 0.717) is 12.8 Å². The van der Waals surface area contributed by atoms with Gasteiger partial charge in [-0.15, -0.1) is 0 Å². The second-order valence-electron chi connectivity index (χ2n) is 6.74. The second-order valence-corrected chi connectivity index (χ2v) is 6.74. The molecule has 0 aliphatic carbocycles. The lowest BCUT2D eigenvalue weighted by atomic mass is 10.1. The molecule has 1 aliphatic rings. The maximum Gasteiger partial charge on any atom is 0.220 e. The van der Waals surface area contributed by atoms with E-state index in [1.807, 2.05) is 48.7 Å². The van der Waals surface area contributed by atoms with Crippen molar-refractivity contribution in [3.63, 3.8) is 0 Å². The number of fused-ring (bicyclic) bond motifs is 1. The molecule has 6 nitrogen and oxygen atoms in total. The first-order valence-electron chi connectivity index (χ1n) is 9.17. The Morgan fingerprint density at radius 2 is 2.12 bits per heavy atom. The van der Waals surface area contributed by atoms with E-state index in [-0.39, 0.29) is 11.9 Å². The summed E-state index contributed by atoms with van der Waals surface area (Å²) < 4.78 is 0. The van der Waals surface area contributed by atoms with Gasteiger partial charge in [-0.3, -0.25) is 4.79 Å². The number of piperidine rings is 1. The highest BCUT2D eigenvalue weighted by Gasteiger charge is 2.22. The summed E-state index contributed by atoms with van der Waals surface area (Å²) in [6, 6.07) is 14.0. The van der Waals surface area contributed by atoms with Gasteiger partial charge in [-0.2, -0.15) is 0 Å². The van der Waals surface area contributed by atoms with Crippen molar-refractivity contribution in [3.8, 4) is 0 Å². The third kappa shape index (κ3) is 3.85. The van der Waals surface area contributed by atoms with Gasteiger partial charge in [-0.25, -0.2) is 9.97 Å². The van der Waals surface area contributed by atoms with E-state index in [0.717, 1.165) is 48.6 Å². The third-order valence-corrected chi connectivity index (χ3v) is 4.79. The quantitative estimate of drug-likeness (QED) is 0.743. The number of hydrogen-bond acceptors (Lipinski definition) is 4. The van der Waals surface area contributed by atoms with Gasteiger partial charge in [0.25, 0.3) is 0 Å². The molecule has 1 saturated heterocycles. The molecule has 4 rings (SSSR count). The van der Waals surface area contributed by atoms with Gasteiger partial charge in [0.15, 0.2) is 0 Å². The van der Waals surface area contributed by atoms with E-state index in [1.165, 1.54) is 0 Å². The second kappa shape index (κ2) is 7.56. The van der Waals surface area contributed by atoms with Crippen molar-refractivity contribution in [1.29, 1.82) is 0 Å². The molecule has 1 amide bonds. The number of carbonyl (C=O) groups is 1. The van der Waals surface area contributed by atoms with Crippen molar-refractivity contribution < 1.29 is 4.79 Å². The van der Waals surface area contributed by atoms with Crippen LogP contribution in [0.1, 0.15) is 25.1 Å². The van der Waals surface area contributed by atoms with E-state index in [2.05, 4.69) is 25.2 Å². The molecule has 2 N–H and O–H groups in total. The minimum atomic E-state index is 0.0818. The van der Waals surface area contributed by atoms with Crippen molar-refractivity contribution in [2.45, 2.75) is 31.7 Å². The fraction of sp³-hybridized carbons (Fsp3) is 0.350. The SMILES string of the molecule is O=C(CCc1nc2ccccc2[nH]1)N[C@H]1CCCN(c2ccccn2)C1. The number of hydrogen-bond donors (Lipinski definition) is 2. The molecule has 3 heterocycles. The molecule has 0 saturated carbocycles. The Morgan fingerprint density at radius 3 is 2.96 bits per heavy atom. The molecular weight excluding hydrogens is 326 g/mol. The van der Waals surface area contributed by atoms with Crippen molar-refractivity contribution in [1.82, 2.24) is 20.3 Å². The maximum atomic E-state index is 12.4. The van der Waals surface area contributed by atoms with Crippen LogP contribution in [-0.4, -0.2) is 40.0 Å². The number of benzene rings is 1. The number of nitrogens with one attached hydrogen (secondary N) is 2. The fourth-order valence-corrected chi connectivity index (χ4v) is 3.50. The summed E-state index contributed by atoms with van der Waals surface area (Å²) in [7, 11) is 0. The molecule has 0 bridgehead atoms. The van der Waals surface area contributed by atoms with Crippen LogP contribution in [0.5, 0.6) is 0 Å². The number of pyridine rings is 1. The molecule has 0 spiro atoms. The Kier molecular flexibility index (Phi) is 4.82. The lowest BCUT2D eigenvalue weighted by Gasteiger charge is -2.34. The number of carbonyl (C=O) groups excluding carboxylic acids is 1. The van der Waals surface area contributed by atoms with E-state index in [4.69, 9.17) is 0 Å². The summed E-state index contributed by atoms with van der Waals surface area (Å²) in [5, 5.41) is 3.17.